The number of hydrogen-bond acceptors (Lipinski definition) is 6. The fraction of sp³-hybridized carbons (Fsp3) is 0.333. The number of nitrogens with zero attached hydrogens (tertiary/aromatic N) is 4. The molecule has 2 aliphatic heterocycles. The van der Waals surface area contributed by atoms with Gasteiger partial charge in [-0.2, -0.15) is 0 Å². The molecule has 5 rings (SSSR count). The van der Waals surface area contributed by atoms with Crippen molar-refractivity contribution in [3.05, 3.63) is 82.7 Å². The van der Waals surface area contributed by atoms with Gasteiger partial charge in [-0.3, -0.25) is 0 Å². The summed E-state index contributed by atoms with van der Waals surface area (Å²) < 4.78 is 49.7. The van der Waals surface area contributed by atoms with Crippen LogP contribution in [0.5, 0.6) is 5.75 Å². The number of ether oxygens (including phenoxy) is 1. The van der Waals surface area contributed by atoms with E-state index in [1.54, 1.807) is 18.3 Å². The maximum atomic E-state index is 14.2. The summed E-state index contributed by atoms with van der Waals surface area (Å²) in [6, 6.07) is 7.43. The summed E-state index contributed by atoms with van der Waals surface area (Å²) in [6.07, 6.45) is 6.88. The topological polar surface area (TPSA) is 72.1 Å². The van der Waals surface area contributed by atoms with E-state index in [2.05, 4.69) is 10.1 Å². The second-order valence-corrected chi connectivity index (χ2v) is 9.74. The van der Waals surface area contributed by atoms with Crippen molar-refractivity contribution >= 4 is 11.9 Å². The zero-order valence-electron chi connectivity index (χ0n) is 20.9. The van der Waals surface area contributed by atoms with Crippen LogP contribution in [0.2, 0.25) is 0 Å². The van der Waals surface area contributed by atoms with Crippen LogP contribution >= 0.6 is 0 Å². The van der Waals surface area contributed by atoms with Crippen LogP contribution in [0.1, 0.15) is 43.5 Å². The first-order valence-electron chi connectivity index (χ1n) is 11.9. The number of benzene rings is 2. The van der Waals surface area contributed by atoms with E-state index in [4.69, 9.17) is 9.57 Å². The Hall–Kier alpha value is -3.79. The van der Waals surface area contributed by atoms with Crippen LogP contribution in [0.25, 0.3) is 11.8 Å². The summed E-state index contributed by atoms with van der Waals surface area (Å²) in [6.45, 7) is 5.24. The Labute approximate surface area is 212 Å². The van der Waals surface area contributed by atoms with Gasteiger partial charge in [0.1, 0.15) is 11.4 Å². The van der Waals surface area contributed by atoms with Gasteiger partial charge < -0.3 is 24.1 Å². The molecule has 0 radical (unpaired) electrons. The predicted octanol–water partition coefficient (Wildman–Crippen LogP) is 5.05. The molecule has 3 aromatic rings. The third kappa shape index (κ3) is 4.05. The lowest BCUT2D eigenvalue weighted by atomic mass is 9.83. The summed E-state index contributed by atoms with van der Waals surface area (Å²) in [5.74, 6) is -3.25. The van der Waals surface area contributed by atoms with E-state index in [0.717, 1.165) is 34.7 Å². The van der Waals surface area contributed by atoms with Crippen molar-refractivity contribution in [2.75, 3.05) is 13.7 Å². The highest BCUT2D eigenvalue weighted by molar-refractivity contribution is 6.03. The molecule has 7 nitrogen and oxygen atoms in total. The average molecular weight is 513 g/mol. The minimum absolute atomic E-state index is 0.0713. The predicted molar refractivity (Wildman–Crippen MR) is 132 cm³/mol. The highest BCUT2D eigenvalue weighted by Gasteiger charge is 2.59. The van der Waals surface area contributed by atoms with Crippen molar-refractivity contribution in [3.63, 3.8) is 0 Å². The van der Waals surface area contributed by atoms with Gasteiger partial charge in [0.15, 0.2) is 23.3 Å². The Morgan fingerprint density at radius 3 is 2.51 bits per heavy atom. The highest BCUT2D eigenvalue weighted by Crippen LogP contribution is 2.47. The van der Waals surface area contributed by atoms with Gasteiger partial charge in [0.2, 0.25) is 0 Å². The number of amidine groups is 1. The Kier molecular flexibility index (Phi) is 6.02. The maximum absolute atomic E-state index is 14.2. The zero-order chi connectivity index (χ0) is 26.5. The molecule has 194 valence electrons. The summed E-state index contributed by atoms with van der Waals surface area (Å²) in [5, 5.41) is 15.4. The zero-order valence-corrected chi connectivity index (χ0v) is 20.9. The second kappa shape index (κ2) is 8.95. The number of aliphatic hydroxyl groups is 1. The monoisotopic (exact) mass is 512 g/mol. The van der Waals surface area contributed by atoms with Gasteiger partial charge in [0, 0.05) is 18.3 Å². The first kappa shape index (κ1) is 24.9. The smallest absolute Gasteiger partial charge is 0.265 e. The van der Waals surface area contributed by atoms with E-state index in [9.17, 15) is 18.3 Å². The van der Waals surface area contributed by atoms with Crippen molar-refractivity contribution in [3.8, 4) is 11.4 Å². The molecule has 1 atom stereocenters. The van der Waals surface area contributed by atoms with Crippen LogP contribution in [0.4, 0.5) is 13.2 Å². The molecule has 1 aromatic heterocycles. The second-order valence-electron chi connectivity index (χ2n) is 9.74. The van der Waals surface area contributed by atoms with Crippen LogP contribution < -0.4 is 4.74 Å². The van der Waals surface area contributed by atoms with Gasteiger partial charge in [-0.15, -0.1) is 0 Å². The van der Waals surface area contributed by atoms with E-state index in [0.29, 0.717) is 31.0 Å². The molecule has 2 aromatic carbocycles. The molecule has 0 bridgehead atoms. The number of methoxy groups -OCH3 is 1. The molecule has 0 saturated carbocycles. The maximum Gasteiger partial charge on any atom is 0.265 e. The number of halogens is 3. The molecule has 0 aliphatic carbocycles. The van der Waals surface area contributed by atoms with Crippen molar-refractivity contribution in [1.29, 1.82) is 0 Å². The fourth-order valence-corrected chi connectivity index (χ4v) is 5.03. The molecule has 10 heteroatoms. The standard InChI is InChI=1S/C27H27F3N4O3/c1-16-14-33(15-31-16)22-8-7-17(11-23(22)36-4)10-18-6-5-9-34-25(18)32-37-27(34,26(2,3)35)19-12-20(28)24(30)21(29)13-19/h7-8,10-15,35H,5-6,9H2,1-4H3. The minimum atomic E-state index is -1.75. The molecule has 2 aliphatic rings. The number of fused-ring (bicyclic) bond motifs is 1. The number of imidazole rings is 1. The molecule has 1 unspecified atom stereocenters. The Morgan fingerprint density at radius 1 is 1.16 bits per heavy atom. The van der Waals surface area contributed by atoms with E-state index < -0.39 is 28.8 Å². The Bertz CT molecular complexity index is 1400. The summed E-state index contributed by atoms with van der Waals surface area (Å²) in [4.78, 5) is 11.8. The van der Waals surface area contributed by atoms with Crippen molar-refractivity contribution in [2.24, 2.45) is 5.16 Å². The van der Waals surface area contributed by atoms with Gasteiger partial charge in [-0.25, -0.2) is 18.2 Å². The van der Waals surface area contributed by atoms with Gasteiger partial charge in [0.05, 0.1) is 24.8 Å². The molecule has 1 N–H and O–H groups in total. The normalized spacial score (nSPS) is 20.6. The summed E-state index contributed by atoms with van der Waals surface area (Å²) in [5.41, 5.74) is -0.115. The minimum Gasteiger partial charge on any atom is -0.495 e. The van der Waals surface area contributed by atoms with E-state index in [-0.39, 0.29) is 5.56 Å². The lowest BCUT2D eigenvalue weighted by Crippen LogP contribution is -2.60. The number of rotatable bonds is 5. The van der Waals surface area contributed by atoms with Crippen molar-refractivity contribution in [1.82, 2.24) is 14.5 Å². The first-order valence-corrected chi connectivity index (χ1v) is 11.9. The quantitative estimate of drug-likeness (QED) is 0.485. The molecule has 3 heterocycles. The van der Waals surface area contributed by atoms with Crippen molar-refractivity contribution in [2.45, 2.75) is 44.9 Å². The average Bonchev–Trinajstić information content (AvgIpc) is 3.47. The number of hydrogen-bond donors (Lipinski definition) is 1. The number of piperidine rings is 1. The largest absolute Gasteiger partial charge is 0.495 e. The Balaban J connectivity index is 1.54. The summed E-state index contributed by atoms with van der Waals surface area (Å²) >= 11 is 0. The molecular formula is C27H27F3N4O3. The number of aryl methyl sites for hydroxylation is 1. The van der Waals surface area contributed by atoms with Crippen LogP contribution in [0, 0.1) is 24.4 Å². The van der Waals surface area contributed by atoms with Gasteiger partial charge in [0.25, 0.3) is 5.72 Å². The molecule has 1 fully saturated rings. The SMILES string of the molecule is COc1cc(C=C2CCCN3C2=NOC3(c2cc(F)c(F)c(F)c2)C(C)(C)O)ccc1-n1cnc(C)c1. The lowest BCUT2D eigenvalue weighted by Gasteiger charge is -2.46. The fourth-order valence-electron chi connectivity index (χ4n) is 5.03. The van der Waals surface area contributed by atoms with E-state index in [1.165, 1.54) is 13.8 Å². The first-order chi connectivity index (χ1) is 17.5. The van der Waals surface area contributed by atoms with E-state index >= 15 is 0 Å². The van der Waals surface area contributed by atoms with E-state index in [1.807, 2.05) is 42.0 Å². The molecule has 0 spiro atoms. The van der Waals surface area contributed by atoms with Gasteiger partial charge in [-0.05, 0) is 75.1 Å². The third-order valence-corrected chi connectivity index (χ3v) is 6.75. The molecule has 1 saturated heterocycles. The van der Waals surface area contributed by atoms with Crippen LogP contribution in [0.15, 0.2) is 53.6 Å². The van der Waals surface area contributed by atoms with Crippen LogP contribution in [0.3, 0.4) is 0 Å². The van der Waals surface area contributed by atoms with Crippen LogP contribution in [-0.4, -0.2) is 44.6 Å². The molecule has 37 heavy (non-hydrogen) atoms. The molecular weight excluding hydrogens is 485 g/mol. The third-order valence-electron chi connectivity index (χ3n) is 6.75. The highest BCUT2D eigenvalue weighted by atomic mass is 19.2. The lowest BCUT2D eigenvalue weighted by molar-refractivity contribution is -0.220. The number of oxime groups is 1. The Morgan fingerprint density at radius 2 is 1.89 bits per heavy atom. The molecule has 0 amide bonds. The van der Waals surface area contributed by atoms with Crippen molar-refractivity contribution < 1.29 is 27.9 Å². The van der Waals surface area contributed by atoms with Gasteiger partial charge in [-0.1, -0.05) is 11.2 Å². The summed E-state index contributed by atoms with van der Waals surface area (Å²) in [7, 11) is 1.59. The van der Waals surface area contributed by atoms with Gasteiger partial charge >= 0.3 is 0 Å². The van der Waals surface area contributed by atoms with Crippen LogP contribution in [-0.2, 0) is 10.6 Å². The number of aromatic nitrogens is 2.